The summed E-state index contributed by atoms with van der Waals surface area (Å²) in [6, 6.07) is 0.970. The third-order valence-electron chi connectivity index (χ3n) is 3.66. The van der Waals surface area contributed by atoms with Crippen molar-refractivity contribution >= 4 is 21.8 Å². The zero-order valence-electron chi connectivity index (χ0n) is 14.1. The second kappa shape index (κ2) is 7.40. The van der Waals surface area contributed by atoms with Gasteiger partial charge in [-0.15, -0.1) is 0 Å². The third-order valence-corrected chi connectivity index (χ3v) is 4.61. The van der Waals surface area contributed by atoms with E-state index >= 15 is 0 Å². The van der Waals surface area contributed by atoms with E-state index in [1.165, 1.54) is 0 Å². The molecule has 1 heterocycles. The van der Waals surface area contributed by atoms with Crippen LogP contribution in [0.25, 0.3) is 0 Å². The largest absolute Gasteiger partial charge is 0.347 e. The first-order valence-corrected chi connectivity index (χ1v) is 8.20. The lowest BCUT2D eigenvalue weighted by Gasteiger charge is -2.33. The number of aryl methyl sites for hydroxylation is 1. The molecular formula is C15H27BrN4O. The van der Waals surface area contributed by atoms with Crippen LogP contribution in [-0.4, -0.2) is 45.3 Å². The number of carbonyl (C=O) groups is 1. The van der Waals surface area contributed by atoms with Gasteiger partial charge >= 0.3 is 0 Å². The van der Waals surface area contributed by atoms with Crippen LogP contribution in [-0.2, 0) is 7.05 Å². The Morgan fingerprint density at radius 3 is 2.19 bits per heavy atom. The van der Waals surface area contributed by atoms with Crippen molar-refractivity contribution in [2.24, 2.45) is 7.05 Å². The second-order valence-electron chi connectivity index (χ2n) is 6.13. The summed E-state index contributed by atoms with van der Waals surface area (Å²) in [6.45, 7) is 13.5. The molecule has 1 unspecified atom stereocenters. The van der Waals surface area contributed by atoms with Crippen molar-refractivity contribution < 1.29 is 4.79 Å². The molecule has 0 aliphatic rings. The summed E-state index contributed by atoms with van der Waals surface area (Å²) >= 11 is 3.43. The Morgan fingerprint density at radius 1 is 1.29 bits per heavy atom. The van der Waals surface area contributed by atoms with Gasteiger partial charge in [-0.2, -0.15) is 5.10 Å². The number of amides is 1. The average molecular weight is 359 g/mol. The number of nitrogens with zero attached hydrogens (tertiary/aromatic N) is 3. The molecule has 0 fully saturated rings. The lowest BCUT2D eigenvalue weighted by Crippen LogP contribution is -2.47. The molecule has 6 heteroatoms. The maximum atomic E-state index is 12.3. The Bertz CT molecular complexity index is 488. The smallest absolute Gasteiger partial charge is 0.273 e. The molecule has 1 atom stereocenters. The van der Waals surface area contributed by atoms with E-state index in [0.717, 1.165) is 16.7 Å². The normalized spacial score (nSPS) is 13.3. The van der Waals surface area contributed by atoms with E-state index in [2.05, 4.69) is 58.9 Å². The fraction of sp³-hybridized carbons (Fsp3) is 0.733. The Balaban J connectivity index is 2.72. The van der Waals surface area contributed by atoms with E-state index < -0.39 is 0 Å². The van der Waals surface area contributed by atoms with Gasteiger partial charge in [0.1, 0.15) is 0 Å². The highest BCUT2D eigenvalue weighted by Crippen LogP contribution is 2.20. The van der Waals surface area contributed by atoms with Crippen LogP contribution >= 0.6 is 15.9 Å². The summed E-state index contributed by atoms with van der Waals surface area (Å²) in [6.07, 6.45) is 0. The number of nitrogens with one attached hydrogen (secondary N) is 1. The highest BCUT2D eigenvalue weighted by atomic mass is 79.9. The molecule has 1 aromatic heterocycles. The Morgan fingerprint density at radius 2 is 1.81 bits per heavy atom. The van der Waals surface area contributed by atoms with Crippen molar-refractivity contribution in [3.05, 3.63) is 15.9 Å². The molecule has 21 heavy (non-hydrogen) atoms. The van der Waals surface area contributed by atoms with Gasteiger partial charge in [0.15, 0.2) is 5.69 Å². The van der Waals surface area contributed by atoms with Crippen molar-refractivity contribution in [1.82, 2.24) is 20.0 Å². The minimum Gasteiger partial charge on any atom is -0.347 e. The van der Waals surface area contributed by atoms with Crippen molar-refractivity contribution in [3.63, 3.8) is 0 Å². The Labute approximate surface area is 136 Å². The number of rotatable bonds is 6. The maximum absolute atomic E-state index is 12.3. The van der Waals surface area contributed by atoms with Crippen LogP contribution in [0, 0.1) is 6.92 Å². The molecule has 0 saturated heterocycles. The zero-order valence-corrected chi connectivity index (χ0v) is 15.7. The molecule has 1 amide bonds. The molecule has 0 radical (unpaired) electrons. The summed E-state index contributed by atoms with van der Waals surface area (Å²) in [4.78, 5) is 14.7. The standard InChI is InChI=1S/C15H27BrN4O/c1-9(2)20(10(3)4)8-11(5)17-15(21)14-13(16)12(6)19(7)18-14/h9-11H,8H2,1-7H3,(H,17,21). The highest BCUT2D eigenvalue weighted by Gasteiger charge is 2.21. The van der Waals surface area contributed by atoms with Crippen LogP contribution in [0.1, 0.15) is 50.8 Å². The predicted octanol–water partition coefficient (Wildman–Crippen LogP) is 2.73. The quantitative estimate of drug-likeness (QED) is 0.850. The van der Waals surface area contributed by atoms with Crippen LogP contribution in [0.4, 0.5) is 0 Å². The molecule has 0 aliphatic carbocycles. The van der Waals surface area contributed by atoms with Crippen LogP contribution in [0.2, 0.25) is 0 Å². The number of hydrogen-bond donors (Lipinski definition) is 1. The molecular weight excluding hydrogens is 332 g/mol. The topological polar surface area (TPSA) is 50.2 Å². The van der Waals surface area contributed by atoms with Crippen LogP contribution < -0.4 is 5.32 Å². The molecule has 0 bridgehead atoms. The van der Waals surface area contributed by atoms with Gasteiger partial charge in [0.25, 0.3) is 5.91 Å². The molecule has 0 aliphatic heterocycles. The fourth-order valence-corrected chi connectivity index (χ4v) is 2.92. The molecule has 0 saturated carbocycles. The van der Waals surface area contributed by atoms with E-state index in [-0.39, 0.29) is 11.9 Å². The lowest BCUT2D eigenvalue weighted by atomic mass is 10.2. The lowest BCUT2D eigenvalue weighted by molar-refractivity contribution is 0.0905. The Hall–Kier alpha value is -0.880. The number of carbonyl (C=O) groups excluding carboxylic acids is 1. The first-order valence-electron chi connectivity index (χ1n) is 7.40. The summed E-state index contributed by atoms with van der Waals surface area (Å²) in [5, 5.41) is 7.29. The van der Waals surface area contributed by atoms with E-state index in [1.54, 1.807) is 4.68 Å². The van der Waals surface area contributed by atoms with E-state index in [0.29, 0.717) is 17.8 Å². The average Bonchev–Trinajstić information content (AvgIpc) is 2.63. The summed E-state index contributed by atoms with van der Waals surface area (Å²) in [5.74, 6) is -0.134. The molecule has 0 aromatic carbocycles. The van der Waals surface area contributed by atoms with Gasteiger partial charge in [0.2, 0.25) is 0 Å². The van der Waals surface area contributed by atoms with Gasteiger partial charge in [-0.25, -0.2) is 0 Å². The van der Waals surface area contributed by atoms with Gasteiger partial charge in [0.05, 0.1) is 10.2 Å². The highest BCUT2D eigenvalue weighted by molar-refractivity contribution is 9.10. The van der Waals surface area contributed by atoms with E-state index in [1.807, 2.05) is 20.9 Å². The minimum atomic E-state index is -0.134. The molecule has 5 nitrogen and oxygen atoms in total. The predicted molar refractivity (Wildman–Crippen MR) is 89.6 cm³/mol. The number of halogens is 1. The van der Waals surface area contributed by atoms with Crippen molar-refractivity contribution in [3.8, 4) is 0 Å². The minimum absolute atomic E-state index is 0.0662. The number of aromatic nitrogens is 2. The van der Waals surface area contributed by atoms with Crippen LogP contribution in [0.15, 0.2) is 4.47 Å². The summed E-state index contributed by atoms with van der Waals surface area (Å²) < 4.78 is 2.47. The maximum Gasteiger partial charge on any atom is 0.273 e. The molecule has 120 valence electrons. The number of hydrogen-bond acceptors (Lipinski definition) is 3. The van der Waals surface area contributed by atoms with Gasteiger partial charge in [0, 0.05) is 31.7 Å². The van der Waals surface area contributed by atoms with E-state index in [9.17, 15) is 4.79 Å². The van der Waals surface area contributed by atoms with Gasteiger partial charge < -0.3 is 5.32 Å². The monoisotopic (exact) mass is 358 g/mol. The molecule has 1 N–H and O–H groups in total. The fourth-order valence-electron chi connectivity index (χ4n) is 2.40. The SMILES string of the molecule is Cc1c(Br)c(C(=O)NC(C)CN(C(C)C)C(C)C)nn1C. The zero-order chi connectivity index (χ0) is 16.3. The van der Waals surface area contributed by atoms with Gasteiger partial charge in [-0.05, 0) is 57.5 Å². The molecule has 1 aromatic rings. The first-order chi connectivity index (χ1) is 9.65. The van der Waals surface area contributed by atoms with Gasteiger partial charge in [-0.3, -0.25) is 14.4 Å². The molecule has 0 spiro atoms. The molecule has 1 rings (SSSR count). The summed E-state index contributed by atoms with van der Waals surface area (Å²) in [7, 11) is 1.83. The second-order valence-corrected chi connectivity index (χ2v) is 6.92. The Kier molecular flexibility index (Phi) is 6.41. The van der Waals surface area contributed by atoms with Gasteiger partial charge in [-0.1, -0.05) is 0 Å². The van der Waals surface area contributed by atoms with Crippen LogP contribution in [0.3, 0.4) is 0 Å². The van der Waals surface area contributed by atoms with Crippen molar-refractivity contribution in [2.75, 3.05) is 6.54 Å². The first kappa shape index (κ1) is 18.2. The van der Waals surface area contributed by atoms with Crippen molar-refractivity contribution in [1.29, 1.82) is 0 Å². The van der Waals surface area contributed by atoms with Crippen LogP contribution in [0.5, 0.6) is 0 Å². The van der Waals surface area contributed by atoms with Crippen molar-refractivity contribution in [2.45, 2.75) is 59.7 Å². The third kappa shape index (κ3) is 4.54. The summed E-state index contributed by atoms with van der Waals surface area (Å²) in [5.41, 5.74) is 1.39. The van der Waals surface area contributed by atoms with E-state index in [4.69, 9.17) is 0 Å².